The van der Waals surface area contributed by atoms with Gasteiger partial charge in [-0.25, -0.2) is 0 Å². The molecule has 0 saturated carbocycles. The van der Waals surface area contributed by atoms with Crippen LogP contribution in [0.2, 0.25) is 0 Å². The van der Waals surface area contributed by atoms with Gasteiger partial charge in [0.05, 0.1) is 5.69 Å². The maximum Gasteiger partial charge on any atom is 0.0629 e. The van der Waals surface area contributed by atoms with Crippen LogP contribution >= 0.6 is 0 Å². The first-order chi connectivity index (χ1) is 9.92. The molecule has 0 radical (unpaired) electrons. The van der Waals surface area contributed by atoms with Crippen LogP contribution in [-0.2, 0) is 0 Å². The molecule has 1 aliphatic carbocycles. The van der Waals surface area contributed by atoms with Crippen LogP contribution in [0.15, 0.2) is 76.9 Å². The molecule has 2 aromatic rings. The van der Waals surface area contributed by atoms with Gasteiger partial charge in [-0.2, -0.15) is 0 Å². The Kier molecular flexibility index (Phi) is 3.93. The summed E-state index contributed by atoms with van der Waals surface area (Å²) in [7, 11) is 0. The molecular weight excluding hydrogens is 244 g/mol. The van der Waals surface area contributed by atoms with Crippen LogP contribution in [0.5, 0.6) is 0 Å². The quantitative estimate of drug-likeness (QED) is 0.775. The zero-order valence-corrected chi connectivity index (χ0v) is 11.4. The molecule has 100 valence electrons. The molecule has 1 aliphatic rings. The van der Waals surface area contributed by atoms with Gasteiger partial charge in [0.1, 0.15) is 0 Å². The van der Waals surface area contributed by atoms with Crippen molar-refractivity contribution in [2.24, 2.45) is 4.99 Å². The molecule has 3 rings (SSSR count). The van der Waals surface area contributed by atoms with Crippen LogP contribution < -0.4 is 5.32 Å². The average molecular weight is 262 g/mol. The van der Waals surface area contributed by atoms with E-state index < -0.39 is 0 Å². The number of hydrogen-bond donors (Lipinski definition) is 1. The van der Waals surface area contributed by atoms with E-state index in [1.54, 1.807) is 0 Å². The monoisotopic (exact) mass is 262 g/mol. The van der Waals surface area contributed by atoms with Crippen molar-refractivity contribution in [1.82, 2.24) is 0 Å². The molecule has 2 heteroatoms. The minimum absolute atomic E-state index is 1.01. The first kappa shape index (κ1) is 12.7. The molecule has 20 heavy (non-hydrogen) atoms. The summed E-state index contributed by atoms with van der Waals surface area (Å²) < 4.78 is 0. The fourth-order valence-electron chi connectivity index (χ4n) is 2.41. The predicted octanol–water partition coefficient (Wildman–Crippen LogP) is 4.94. The van der Waals surface area contributed by atoms with E-state index in [-0.39, 0.29) is 0 Å². The molecule has 0 spiro atoms. The average Bonchev–Trinajstić information content (AvgIpc) is 2.94. The van der Waals surface area contributed by atoms with Crippen LogP contribution in [0, 0.1) is 0 Å². The highest BCUT2D eigenvalue weighted by molar-refractivity contribution is 5.83. The van der Waals surface area contributed by atoms with Gasteiger partial charge >= 0.3 is 0 Å². The number of benzene rings is 2. The number of hydrogen-bond acceptors (Lipinski definition) is 2. The van der Waals surface area contributed by atoms with E-state index in [4.69, 9.17) is 0 Å². The molecule has 2 nitrogen and oxygen atoms in total. The Morgan fingerprint density at radius 1 is 0.850 bits per heavy atom. The van der Waals surface area contributed by atoms with Crippen LogP contribution in [0.25, 0.3) is 0 Å². The Morgan fingerprint density at radius 2 is 1.55 bits per heavy atom. The van der Waals surface area contributed by atoms with E-state index in [9.17, 15) is 0 Å². The number of nitrogens with one attached hydrogen (secondary N) is 1. The van der Waals surface area contributed by atoms with E-state index in [1.807, 2.05) is 42.6 Å². The lowest BCUT2D eigenvalue weighted by atomic mass is 10.2. The molecule has 0 aromatic heterocycles. The SMILES string of the molecule is C(=Nc1ccccc1)C1=C(Nc2ccccc2)CCC1. The first-order valence-corrected chi connectivity index (χ1v) is 7.05. The molecule has 0 saturated heterocycles. The largest absolute Gasteiger partial charge is 0.359 e. The van der Waals surface area contributed by atoms with Crippen molar-refractivity contribution in [3.05, 3.63) is 71.9 Å². The number of allylic oxidation sites excluding steroid dienone is 2. The summed E-state index contributed by atoms with van der Waals surface area (Å²) in [5.41, 5.74) is 4.77. The van der Waals surface area contributed by atoms with Gasteiger partial charge in [-0.1, -0.05) is 36.4 Å². The second kappa shape index (κ2) is 6.20. The molecule has 0 heterocycles. The summed E-state index contributed by atoms with van der Waals surface area (Å²) in [6.07, 6.45) is 5.41. The lowest BCUT2D eigenvalue weighted by Gasteiger charge is -2.08. The summed E-state index contributed by atoms with van der Waals surface area (Å²) in [6.45, 7) is 0. The van der Waals surface area contributed by atoms with Gasteiger partial charge in [0, 0.05) is 17.6 Å². The third-order valence-corrected chi connectivity index (χ3v) is 3.46. The second-order valence-corrected chi connectivity index (χ2v) is 4.94. The van der Waals surface area contributed by atoms with E-state index in [2.05, 4.69) is 34.6 Å². The van der Waals surface area contributed by atoms with Gasteiger partial charge in [-0.05, 0) is 49.1 Å². The molecule has 0 aliphatic heterocycles. The topological polar surface area (TPSA) is 24.4 Å². The first-order valence-electron chi connectivity index (χ1n) is 7.05. The standard InChI is InChI=1S/C18H18N2/c1-3-9-16(10-4-1)19-14-15-8-7-13-18(15)20-17-11-5-2-6-12-17/h1-6,9-12,14,20H,7-8,13H2. The van der Waals surface area contributed by atoms with Crippen molar-refractivity contribution in [3.8, 4) is 0 Å². The number of anilines is 1. The Labute approximate surface area is 119 Å². The molecule has 0 amide bonds. The number of rotatable bonds is 4. The van der Waals surface area contributed by atoms with Gasteiger partial charge in [-0.15, -0.1) is 0 Å². The van der Waals surface area contributed by atoms with Gasteiger partial charge in [0.25, 0.3) is 0 Å². The minimum atomic E-state index is 1.01. The van der Waals surface area contributed by atoms with Gasteiger partial charge in [0.15, 0.2) is 0 Å². The van der Waals surface area contributed by atoms with Crippen LogP contribution in [0.3, 0.4) is 0 Å². The summed E-state index contributed by atoms with van der Waals surface area (Å²) in [5.74, 6) is 0. The number of nitrogens with zero attached hydrogens (tertiary/aromatic N) is 1. The molecule has 0 bridgehead atoms. The molecule has 0 atom stereocenters. The number of aliphatic imine (C=N–C) groups is 1. The van der Waals surface area contributed by atoms with Crippen molar-refractivity contribution in [2.45, 2.75) is 19.3 Å². The van der Waals surface area contributed by atoms with Gasteiger partial charge in [-0.3, -0.25) is 4.99 Å². The predicted molar refractivity (Wildman–Crippen MR) is 85.5 cm³/mol. The fraction of sp³-hybridized carbons (Fsp3) is 0.167. The van der Waals surface area contributed by atoms with Crippen LogP contribution in [0.1, 0.15) is 19.3 Å². The summed E-state index contributed by atoms with van der Waals surface area (Å²) in [4.78, 5) is 4.56. The van der Waals surface area contributed by atoms with Crippen LogP contribution in [0.4, 0.5) is 11.4 Å². The fourth-order valence-corrected chi connectivity index (χ4v) is 2.41. The van der Waals surface area contributed by atoms with Gasteiger partial charge < -0.3 is 5.32 Å². The molecule has 1 N–H and O–H groups in total. The van der Waals surface area contributed by atoms with E-state index in [0.717, 1.165) is 24.2 Å². The molecule has 0 fully saturated rings. The minimum Gasteiger partial charge on any atom is -0.359 e. The molecule has 2 aromatic carbocycles. The highest BCUT2D eigenvalue weighted by Crippen LogP contribution is 2.26. The summed E-state index contributed by atoms with van der Waals surface area (Å²) >= 11 is 0. The Morgan fingerprint density at radius 3 is 2.30 bits per heavy atom. The summed E-state index contributed by atoms with van der Waals surface area (Å²) in [5, 5.41) is 3.52. The van der Waals surface area contributed by atoms with Gasteiger partial charge in [0.2, 0.25) is 0 Å². The molecule has 0 unspecified atom stereocenters. The normalized spacial score (nSPS) is 15.0. The van der Waals surface area contributed by atoms with E-state index in [1.165, 1.54) is 17.7 Å². The Bertz CT molecular complexity index is 612. The van der Waals surface area contributed by atoms with Crippen molar-refractivity contribution < 1.29 is 0 Å². The molecular formula is C18H18N2. The zero-order chi connectivity index (χ0) is 13.6. The van der Waals surface area contributed by atoms with E-state index in [0.29, 0.717) is 0 Å². The van der Waals surface area contributed by atoms with Crippen molar-refractivity contribution in [1.29, 1.82) is 0 Å². The highest BCUT2D eigenvalue weighted by Gasteiger charge is 2.12. The lowest BCUT2D eigenvalue weighted by Crippen LogP contribution is -1.99. The Balaban J connectivity index is 1.76. The third-order valence-electron chi connectivity index (χ3n) is 3.46. The zero-order valence-electron chi connectivity index (χ0n) is 11.4. The van der Waals surface area contributed by atoms with E-state index >= 15 is 0 Å². The van der Waals surface area contributed by atoms with Crippen molar-refractivity contribution >= 4 is 17.6 Å². The van der Waals surface area contributed by atoms with Crippen molar-refractivity contribution in [2.75, 3.05) is 5.32 Å². The maximum absolute atomic E-state index is 4.56. The third kappa shape index (κ3) is 3.15. The lowest BCUT2D eigenvalue weighted by molar-refractivity contribution is 0.904. The Hall–Kier alpha value is -2.35. The smallest absolute Gasteiger partial charge is 0.0629 e. The number of para-hydroxylation sites is 2. The van der Waals surface area contributed by atoms with Crippen LogP contribution in [-0.4, -0.2) is 6.21 Å². The maximum atomic E-state index is 4.56. The van der Waals surface area contributed by atoms with Crippen molar-refractivity contribution in [3.63, 3.8) is 0 Å². The highest BCUT2D eigenvalue weighted by atomic mass is 14.9. The second-order valence-electron chi connectivity index (χ2n) is 4.94. The summed E-state index contributed by atoms with van der Waals surface area (Å²) in [6, 6.07) is 20.4.